The third-order valence-corrected chi connectivity index (χ3v) is 2.38. The molecule has 0 amide bonds. The Bertz CT molecular complexity index is 341. The van der Waals surface area contributed by atoms with E-state index < -0.39 is 5.97 Å². The number of aliphatic carboxylic acids is 1. The monoisotopic (exact) mass is 268 g/mol. The second-order valence-corrected chi connectivity index (χ2v) is 3.84. The summed E-state index contributed by atoms with van der Waals surface area (Å²) in [4.78, 5) is 10.4. The van der Waals surface area contributed by atoms with Gasteiger partial charge in [-0.3, -0.25) is 4.79 Å². The number of carboxylic acid groups (broad SMARTS) is 1. The molecule has 1 rings (SSSR count). The molecule has 0 spiro atoms. The SMILES string of the molecule is O=C(O)CCc1ccc(C=CCBr)cc1. The van der Waals surface area contributed by atoms with Crippen LogP contribution in [0.3, 0.4) is 0 Å². The molecule has 1 aromatic rings. The molecule has 0 unspecified atom stereocenters. The van der Waals surface area contributed by atoms with E-state index in [0.717, 1.165) is 16.5 Å². The Balaban J connectivity index is 2.56. The highest BCUT2D eigenvalue weighted by Crippen LogP contribution is 2.08. The molecule has 0 aliphatic rings. The summed E-state index contributed by atoms with van der Waals surface area (Å²) in [6.07, 6.45) is 4.83. The first-order chi connectivity index (χ1) is 7.22. The van der Waals surface area contributed by atoms with Gasteiger partial charge in [0.1, 0.15) is 0 Å². The maximum absolute atomic E-state index is 10.4. The first-order valence-electron chi connectivity index (χ1n) is 4.75. The topological polar surface area (TPSA) is 37.3 Å². The molecule has 0 radical (unpaired) electrons. The maximum atomic E-state index is 10.4. The molecule has 0 atom stereocenters. The summed E-state index contributed by atoms with van der Waals surface area (Å²) in [5.74, 6) is -0.752. The average Bonchev–Trinajstić information content (AvgIpc) is 2.25. The van der Waals surface area contributed by atoms with Crippen molar-refractivity contribution in [1.82, 2.24) is 0 Å². The molecular formula is C12H13BrO2. The van der Waals surface area contributed by atoms with Gasteiger partial charge in [0, 0.05) is 11.8 Å². The lowest BCUT2D eigenvalue weighted by Gasteiger charge is -1.99. The van der Waals surface area contributed by atoms with Gasteiger partial charge < -0.3 is 5.11 Å². The third-order valence-electron chi connectivity index (χ3n) is 2.01. The molecule has 0 aliphatic carbocycles. The zero-order chi connectivity index (χ0) is 11.1. The molecular weight excluding hydrogens is 256 g/mol. The van der Waals surface area contributed by atoms with Gasteiger partial charge in [-0.15, -0.1) is 0 Å². The van der Waals surface area contributed by atoms with E-state index in [1.165, 1.54) is 0 Å². The van der Waals surface area contributed by atoms with E-state index in [-0.39, 0.29) is 6.42 Å². The summed E-state index contributed by atoms with van der Waals surface area (Å²) in [5.41, 5.74) is 2.20. The average molecular weight is 269 g/mol. The summed E-state index contributed by atoms with van der Waals surface area (Å²) in [6, 6.07) is 7.93. The molecule has 1 N–H and O–H groups in total. The lowest BCUT2D eigenvalue weighted by atomic mass is 10.1. The van der Waals surface area contributed by atoms with Crippen LogP contribution in [0.15, 0.2) is 30.3 Å². The number of rotatable bonds is 5. The van der Waals surface area contributed by atoms with E-state index in [0.29, 0.717) is 6.42 Å². The van der Waals surface area contributed by atoms with Crippen molar-refractivity contribution in [3.63, 3.8) is 0 Å². The Labute approximate surface area is 97.8 Å². The predicted octanol–water partition coefficient (Wildman–Crippen LogP) is 3.11. The van der Waals surface area contributed by atoms with Crippen LogP contribution >= 0.6 is 15.9 Å². The van der Waals surface area contributed by atoms with Crippen LogP contribution in [0.1, 0.15) is 17.5 Å². The third kappa shape index (κ3) is 4.79. The summed E-state index contributed by atoms with van der Waals surface area (Å²) in [5, 5.41) is 9.37. The van der Waals surface area contributed by atoms with Gasteiger partial charge in [0.05, 0.1) is 0 Å². The summed E-state index contributed by atoms with van der Waals surface area (Å²) >= 11 is 3.31. The first-order valence-corrected chi connectivity index (χ1v) is 5.88. The largest absolute Gasteiger partial charge is 0.481 e. The Morgan fingerprint density at radius 2 is 2.00 bits per heavy atom. The Morgan fingerprint density at radius 3 is 2.53 bits per heavy atom. The number of hydrogen-bond donors (Lipinski definition) is 1. The van der Waals surface area contributed by atoms with Crippen molar-refractivity contribution in [2.75, 3.05) is 5.33 Å². The number of alkyl halides is 1. The van der Waals surface area contributed by atoms with E-state index >= 15 is 0 Å². The fraction of sp³-hybridized carbons (Fsp3) is 0.250. The van der Waals surface area contributed by atoms with E-state index in [9.17, 15) is 4.79 Å². The highest BCUT2D eigenvalue weighted by atomic mass is 79.9. The first kappa shape index (κ1) is 12.0. The standard InChI is InChI=1S/C12H13BrO2/c13-9-1-2-10-3-5-11(6-4-10)7-8-12(14)15/h1-6H,7-9H2,(H,14,15). The van der Waals surface area contributed by atoms with Crippen molar-refractivity contribution in [3.8, 4) is 0 Å². The molecule has 3 heteroatoms. The molecule has 0 heterocycles. The fourth-order valence-corrected chi connectivity index (χ4v) is 1.41. The van der Waals surface area contributed by atoms with Gasteiger partial charge >= 0.3 is 5.97 Å². The van der Waals surface area contributed by atoms with Crippen LogP contribution in [0.4, 0.5) is 0 Å². The quantitative estimate of drug-likeness (QED) is 0.834. The van der Waals surface area contributed by atoms with Gasteiger partial charge in [0.25, 0.3) is 0 Å². The second-order valence-electron chi connectivity index (χ2n) is 3.19. The Kier molecular flexibility index (Phi) is 5.12. The highest BCUT2D eigenvalue weighted by molar-refractivity contribution is 9.09. The van der Waals surface area contributed by atoms with Crippen LogP contribution in [0.5, 0.6) is 0 Å². The van der Waals surface area contributed by atoms with Gasteiger partial charge in [-0.2, -0.15) is 0 Å². The molecule has 80 valence electrons. The van der Waals surface area contributed by atoms with E-state index in [1.54, 1.807) is 0 Å². The predicted molar refractivity (Wildman–Crippen MR) is 65.2 cm³/mol. The van der Waals surface area contributed by atoms with Crippen molar-refractivity contribution in [2.24, 2.45) is 0 Å². The molecule has 15 heavy (non-hydrogen) atoms. The van der Waals surface area contributed by atoms with Crippen LogP contribution in [0.2, 0.25) is 0 Å². The van der Waals surface area contributed by atoms with Gasteiger partial charge in [0.2, 0.25) is 0 Å². The number of carboxylic acids is 1. The Morgan fingerprint density at radius 1 is 1.33 bits per heavy atom. The molecule has 0 bridgehead atoms. The minimum atomic E-state index is -0.752. The van der Waals surface area contributed by atoms with Gasteiger partial charge in [-0.1, -0.05) is 52.3 Å². The van der Waals surface area contributed by atoms with Gasteiger partial charge in [-0.25, -0.2) is 0 Å². The van der Waals surface area contributed by atoms with Crippen LogP contribution in [0.25, 0.3) is 6.08 Å². The summed E-state index contributed by atoms with van der Waals surface area (Å²) < 4.78 is 0. The zero-order valence-corrected chi connectivity index (χ0v) is 9.90. The summed E-state index contributed by atoms with van der Waals surface area (Å²) in [6.45, 7) is 0. The van der Waals surface area contributed by atoms with E-state index in [2.05, 4.69) is 15.9 Å². The Hall–Kier alpha value is -1.09. The van der Waals surface area contributed by atoms with Crippen molar-refractivity contribution in [3.05, 3.63) is 41.5 Å². The highest BCUT2D eigenvalue weighted by Gasteiger charge is 1.98. The molecule has 0 aliphatic heterocycles. The lowest BCUT2D eigenvalue weighted by Crippen LogP contribution is -1.97. The number of allylic oxidation sites excluding steroid dienone is 1. The fourth-order valence-electron chi connectivity index (χ4n) is 1.23. The second kappa shape index (κ2) is 6.40. The van der Waals surface area contributed by atoms with Crippen molar-refractivity contribution >= 4 is 28.0 Å². The van der Waals surface area contributed by atoms with E-state index in [4.69, 9.17) is 5.11 Å². The van der Waals surface area contributed by atoms with Crippen LogP contribution < -0.4 is 0 Å². The van der Waals surface area contributed by atoms with Crippen LogP contribution in [0, 0.1) is 0 Å². The minimum Gasteiger partial charge on any atom is -0.481 e. The molecule has 0 aromatic heterocycles. The van der Waals surface area contributed by atoms with Gasteiger partial charge in [0.15, 0.2) is 0 Å². The number of aryl methyl sites for hydroxylation is 1. The molecule has 2 nitrogen and oxygen atoms in total. The normalized spacial score (nSPS) is 10.7. The van der Waals surface area contributed by atoms with Crippen molar-refractivity contribution in [1.29, 1.82) is 0 Å². The zero-order valence-electron chi connectivity index (χ0n) is 8.32. The lowest BCUT2D eigenvalue weighted by molar-refractivity contribution is -0.136. The van der Waals surface area contributed by atoms with E-state index in [1.807, 2.05) is 36.4 Å². The number of benzene rings is 1. The maximum Gasteiger partial charge on any atom is 0.303 e. The van der Waals surface area contributed by atoms with Crippen molar-refractivity contribution < 1.29 is 9.90 Å². The van der Waals surface area contributed by atoms with Crippen LogP contribution in [-0.2, 0) is 11.2 Å². The van der Waals surface area contributed by atoms with Crippen molar-refractivity contribution in [2.45, 2.75) is 12.8 Å². The minimum absolute atomic E-state index is 0.191. The molecule has 0 saturated heterocycles. The molecule has 1 aromatic carbocycles. The molecule has 0 saturated carbocycles. The number of carbonyl (C=O) groups is 1. The number of halogens is 1. The summed E-state index contributed by atoms with van der Waals surface area (Å²) in [7, 11) is 0. The number of hydrogen-bond acceptors (Lipinski definition) is 1. The molecule has 0 fully saturated rings. The smallest absolute Gasteiger partial charge is 0.303 e. The van der Waals surface area contributed by atoms with Gasteiger partial charge in [-0.05, 0) is 17.5 Å². The van der Waals surface area contributed by atoms with Crippen LogP contribution in [-0.4, -0.2) is 16.4 Å².